The Bertz CT molecular complexity index is 1450. The maximum atomic E-state index is 13.0. The smallest absolute Gasteiger partial charge is 0.336 e. The number of aromatic hydroxyl groups is 1. The van der Waals surface area contributed by atoms with Gasteiger partial charge in [0, 0.05) is 17.5 Å². The highest BCUT2D eigenvalue weighted by atomic mass is 16.5. The lowest BCUT2D eigenvalue weighted by molar-refractivity contribution is -0.142. The molecule has 182 valence electrons. The van der Waals surface area contributed by atoms with Crippen molar-refractivity contribution < 1.29 is 29.3 Å². The first kappa shape index (κ1) is 24.2. The van der Waals surface area contributed by atoms with Gasteiger partial charge in [0.2, 0.25) is 0 Å². The Morgan fingerprint density at radius 1 is 0.972 bits per heavy atom. The average Bonchev–Trinajstić information content (AvgIpc) is 2.88. The maximum Gasteiger partial charge on any atom is 0.336 e. The molecule has 0 saturated heterocycles. The largest absolute Gasteiger partial charge is 0.508 e. The van der Waals surface area contributed by atoms with E-state index in [1.807, 2.05) is 12.1 Å². The number of nitrogens with two attached hydrogens (primary N) is 1. The number of carboxylic acid groups (broad SMARTS) is 1. The molecule has 1 aromatic heterocycles. The lowest BCUT2D eigenvalue weighted by Gasteiger charge is -2.17. The topological polar surface area (TPSA) is 152 Å². The number of pyridine rings is 1. The van der Waals surface area contributed by atoms with Crippen LogP contribution in [0.25, 0.3) is 22.0 Å². The monoisotopic (exact) mass is 485 g/mol. The van der Waals surface area contributed by atoms with Crippen LogP contribution >= 0.6 is 0 Å². The third-order valence-electron chi connectivity index (χ3n) is 5.68. The molecule has 0 unspecified atom stereocenters. The molecule has 0 fully saturated rings. The predicted molar refractivity (Wildman–Crippen MR) is 134 cm³/mol. The maximum absolute atomic E-state index is 13.0. The van der Waals surface area contributed by atoms with Crippen molar-refractivity contribution in [3.63, 3.8) is 0 Å². The summed E-state index contributed by atoms with van der Waals surface area (Å²) >= 11 is 0. The standard InChI is InChI=1S/C27H23N3O6/c1-36-27(35)24(12-15-2-9-19(31)10-3-15)30-25(32)23-14-21(26(33)34)20-13-17(6-11-22(20)29-23)16-4-7-18(28)8-5-16/h2-11,13-14,24,31H,12,28H2,1H3,(H,30,32)(H,33,34)/t24-/m0/s1. The Morgan fingerprint density at radius 2 is 1.64 bits per heavy atom. The molecule has 9 heteroatoms. The molecule has 1 atom stereocenters. The van der Waals surface area contributed by atoms with Crippen molar-refractivity contribution >= 4 is 34.4 Å². The number of phenols is 1. The summed E-state index contributed by atoms with van der Waals surface area (Å²) in [6.45, 7) is 0. The third kappa shape index (κ3) is 5.25. The molecule has 0 aliphatic heterocycles. The van der Waals surface area contributed by atoms with E-state index in [-0.39, 0.29) is 23.4 Å². The highest BCUT2D eigenvalue weighted by Crippen LogP contribution is 2.27. The number of rotatable bonds is 7. The van der Waals surface area contributed by atoms with Crippen LogP contribution in [0.5, 0.6) is 5.75 Å². The molecule has 1 amide bonds. The molecule has 0 radical (unpaired) electrons. The summed E-state index contributed by atoms with van der Waals surface area (Å²) in [5.74, 6) is -2.56. The summed E-state index contributed by atoms with van der Waals surface area (Å²) < 4.78 is 4.81. The molecule has 4 aromatic rings. The molecular weight excluding hydrogens is 462 g/mol. The number of aromatic nitrogens is 1. The van der Waals surface area contributed by atoms with E-state index in [2.05, 4.69) is 10.3 Å². The Morgan fingerprint density at radius 3 is 2.28 bits per heavy atom. The van der Waals surface area contributed by atoms with E-state index >= 15 is 0 Å². The first-order valence-electron chi connectivity index (χ1n) is 11.0. The number of anilines is 1. The zero-order valence-corrected chi connectivity index (χ0v) is 19.3. The lowest BCUT2D eigenvalue weighted by Crippen LogP contribution is -2.43. The van der Waals surface area contributed by atoms with Crippen molar-refractivity contribution in [2.45, 2.75) is 12.5 Å². The molecule has 4 rings (SSSR count). The molecule has 3 aromatic carbocycles. The zero-order valence-electron chi connectivity index (χ0n) is 19.3. The number of hydrogen-bond acceptors (Lipinski definition) is 7. The fourth-order valence-electron chi connectivity index (χ4n) is 3.81. The van der Waals surface area contributed by atoms with Gasteiger partial charge in [0.1, 0.15) is 17.5 Å². The van der Waals surface area contributed by atoms with Crippen LogP contribution in [0.1, 0.15) is 26.4 Å². The van der Waals surface area contributed by atoms with E-state index in [1.165, 1.54) is 25.3 Å². The first-order chi connectivity index (χ1) is 17.2. The minimum atomic E-state index is -1.22. The van der Waals surface area contributed by atoms with Gasteiger partial charge in [-0.1, -0.05) is 30.3 Å². The van der Waals surface area contributed by atoms with Crippen molar-refractivity contribution in [2.75, 3.05) is 12.8 Å². The number of esters is 1. The Kier molecular flexibility index (Phi) is 6.82. The Labute approximate surface area is 206 Å². The zero-order chi connectivity index (χ0) is 25.8. The van der Waals surface area contributed by atoms with E-state index in [0.717, 1.165) is 11.1 Å². The number of carbonyl (C=O) groups excluding carboxylic acids is 2. The van der Waals surface area contributed by atoms with Gasteiger partial charge < -0.3 is 26.0 Å². The predicted octanol–water partition coefficient (Wildman–Crippen LogP) is 3.40. The number of carbonyl (C=O) groups is 3. The van der Waals surface area contributed by atoms with Crippen LogP contribution in [-0.2, 0) is 16.0 Å². The number of carboxylic acids is 1. The molecule has 9 nitrogen and oxygen atoms in total. The van der Waals surface area contributed by atoms with Crippen LogP contribution in [0, 0.1) is 0 Å². The van der Waals surface area contributed by atoms with Crippen LogP contribution in [0.2, 0.25) is 0 Å². The van der Waals surface area contributed by atoms with E-state index in [0.29, 0.717) is 22.2 Å². The second kappa shape index (κ2) is 10.1. The van der Waals surface area contributed by atoms with Crippen molar-refractivity contribution in [1.82, 2.24) is 10.3 Å². The lowest BCUT2D eigenvalue weighted by atomic mass is 10.00. The van der Waals surface area contributed by atoms with Gasteiger partial charge in [-0.05, 0) is 59.2 Å². The van der Waals surface area contributed by atoms with E-state index in [1.54, 1.807) is 42.5 Å². The fourth-order valence-corrected chi connectivity index (χ4v) is 3.81. The van der Waals surface area contributed by atoms with Gasteiger partial charge in [0.15, 0.2) is 0 Å². The van der Waals surface area contributed by atoms with E-state index < -0.39 is 23.9 Å². The summed E-state index contributed by atoms with van der Waals surface area (Å²) in [5, 5.41) is 22.2. The van der Waals surface area contributed by atoms with Crippen molar-refractivity contribution in [3.8, 4) is 16.9 Å². The normalized spacial score (nSPS) is 11.6. The van der Waals surface area contributed by atoms with Crippen molar-refractivity contribution in [1.29, 1.82) is 0 Å². The number of fused-ring (bicyclic) bond motifs is 1. The summed E-state index contributed by atoms with van der Waals surface area (Å²) in [7, 11) is 1.20. The highest BCUT2D eigenvalue weighted by molar-refractivity contribution is 6.07. The number of hydrogen-bond donors (Lipinski definition) is 4. The quantitative estimate of drug-likeness (QED) is 0.230. The number of methoxy groups -OCH3 is 1. The summed E-state index contributed by atoms with van der Waals surface area (Å²) in [6.07, 6.45) is 0.100. The second-order valence-corrected chi connectivity index (χ2v) is 8.13. The van der Waals surface area contributed by atoms with Crippen molar-refractivity contribution in [2.24, 2.45) is 0 Å². The van der Waals surface area contributed by atoms with Crippen LogP contribution in [-0.4, -0.2) is 46.2 Å². The van der Waals surface area contributed by atoms with Gasteiger partial charge in [-0.3, -0.25) is 4.79 Å². The van der Waals surface area contributed by atoms with Crippen LogP contribution in [0.15, 0.2) is 72.8 Å². The SMILES string of the molecule is COC(=O)[C@H](Cc1ccc(O)cc1)NC(=O)c1cc(C(=O)O)c2cc(-c3ccc(N)cc3)ccc2n1. The first-order valence-corrected chi connectivity index (χ1v) is 11.0. The number of nitrogens with zero attached hydrogens (tertiary/aromatic N) is 1. The molecule has 0 bridgehead atoms. The minimum absolute atomic E-state index is 0.0681. The number of amides is 1. The average molecular weight is 485 g/mol. The molecule has 0 saturated carbocycles. The number of nitrogens with one attached hydrogen (secondary N) is 1. The van der Waals surface area contributed by atoms with Gasteiger partial charge in [-0.25, -0.2) is 14.6 Å². The second-order valence-electron chi connectivity index (χ2n) is 8.13. The van der Waals surface area contributed by atoms with Gasteiger partial charge >= 0.3 is 11.9 Å². The fraction of sp³-hybridized carbons (Fsp3) is 0.111. The Hall–Kier alpha value is -4.92. The molecule has 36 heavy (non-hydrogen) atoms. The number of phenolic OH excluding ortho intramolecular Hbond substituents is 1. The molecule has 0 aliphatic rings. The van der Waals surface area contributed by atoms with Crippen molar-refractivity contribution in [3.05, 3.63) is 89.6 Å². The number of benzene rings is 3. The summed E-state index contributed by atoms with van der Waals surface area (Å²) in [4.78, 5) is 41.8. The van der Waals surface area contributed by atoms with Gasteiger partial charge in [0.25, 0.3) is 5.91 Å². The molecule has 0 aliphatic carbocycles. The van der Waals surface area contributed by atoms with Crippen LogP contribution in [0.4, 0.5) is 5.69 Å². The van der Waals surface area contributed by atoms with Gasteiger partial charge in [-0.2, -0.15) is 0 Å². The third-order valence-corrected chi connectivity index (χ3v) is 5.68. The number of aromatic carboxylic acids is 1. The molecule has 1 heterocycles. The molecule has 5 N–H and O–H groups in total. The molecule has 0 spiro atoms. The van der Waals surface area contributed by atoms with Crippen LogP contribution in [0.3, 0.4) is 0 Å². The highest BCUT2D eigenvalue weighted by Gasteiger charge is 2.25. The summed E-state index contributed by atoms with van der Waals surface area (Å²) in [5.41, 5.74) is 8.71. The van der Waals surface area contributed by atoms with E-state index in [9.17, 15) is 24.6 Å². The summed E-state index contributed by atoms with van der Waals surface area (Å²) in [6, 6.07) is 18.6. The van der Waals surface area contributed by atoms with Gasteiger partial charge in [0.05, 0.1) is 18.2 Å². The Balaban J connectivity index is 1.66. The number of nitrogen functional groups attached to an aromatic ring is 1. The van der Waals surface area contributed by atoms with E-state index in [4.69, 9.17) is 10.5 Å². The van der Waals surface area contributed by atoms with Gasteiger partial charge in [-0.15, -0.1) is 0 Å². The minimum Gasteiger partial charge on any atom is -0.508 e. The molecular formula is C27H23N3O6. The van der Waals surface area contributed by atoms with Crippen LogP contribution < -0.4 is 11.1 Å². The number of ether oxygens (including phenoxy) is 1.